The average Bonchev–Trinajstić information content (AvgIpc) is 3.00. The van der Waals surface area contributed by atoms with Crippen molar-refractivity contribution in [2.45, 2.75) is 11.5 Å². The van der Waals surface area contributed by atoms with Crippen LogP contribution < -0.4 is 15.1 Å². The van der Waals surface area contributed by atoms with E-state index in [9.17, 15) is 13.4 Å². The van der Waals surface area contributed by atoms with E-state index in [2.05, 4.69) is 4.72 Å². The molecule has 0 amide bonds. The molecule has 27 heavy (non-hydrogen) atoms. The number of fused-ring (bicyclic) bond motifs is 2. The largest absolute Gasteiger partial charge is 0.491 e. The number of hydrogen-bond acceptors (Lipinski definition) is 5. The lowest BCUT2D eigenvalue weighted by atomic mass is 9.79. The number of hydrogen-bond donors (Lipinski definition) is 2. The first-order valence-electron chi connectivity index (χ1n) is 8.51. The number of anilines is 2. The second kappa shape index (κ2) is 6.56. The summed E-state index contributed by atoms with van der Waals surface area (Å²) in [6.07, 6.45) is 0. The summed E-state index contributed by atoms with van der Waals surface area (Å²) in [7, 11) is -0.986. The van der Waals surface area contributed by atoms with Crippen molar-refractivity contribution in [3.8, 4) is 0 Å². The first-order valence-corrected chi connectivity index (χ1v) is 9.99. The quantitative estimate of drug-likeness (QED) is 0.675. The standard InChI is InChI=1S/C19H19BN2O4S/c1-22(2)18-7-3-6-16-15(18)5-4-8-19(16)27(24,25)21-14-10-9-13-12-26-20(23)17(13)11-14/h3-11,21,23H,12H2,1-2H3. The van der Waals surface area contributed by atoms with Crippen LogP contribution in [0, 0.1) is 0 Å². The Morgan fingerprint density at radius 3 is 2.59 bits per heavy atom. The first-order chi connectivity index (χ1) is 12.9. The van der Waals surface area contributed by atoms with E-state index in [0.717, 1.165) is 16.6 Å². The lowest BCUT2D eigenvalue weighted by Gasteiger charge is -2.17. The van der Waals surface area contributed by atoms with Gasteiger partial charge in [-0.3, -0.25) is 4.72 Å². The molecule has 8 heteroatoms. The van der Waals surface area contributed by atoms with Crippen LogP contribution in [0.15, 0.2) is 59.5 Å². The predicted octanol–water partition coefficient (Wildman–Crippen LogP) is 1.92. The molecule has 0 unspecified atom stereocenters. The van der Waals surface area contributed by atoms with Gasteiger partial charge in [0.05, 0.1) is 11.5 Å². The van der Waals surface area contributed by atoms with Gasteiger partial charge in [0, 0.05) is 36.2 Å². The van der Waals surface area contributed by atoms with E-state index in [1.165, 1.54) is 0 Å². The third kappa shape index (κ3) is 3.16. The maximum atomic E-state index is 13.1. The van der Waals surface area contributed by atoms with Gasteiger partial charge >= 0.3 is 7.12 Å². The third-order valence-electron chi connectivity index (χ3n) is 4.69. The lowest BCUT2D eigenvalue weighted by Crippen LogP contribution is -2.28. The van der Waals surface area contributed by atoms with Crippen LogP contribution >= 0.6 is 0 Å². The van der Waals surface area contributed by atoms with Crippen molar-refractivity contribution in [3.05, 3.63) is 60.2 Å². The molecule has 0 bridgehead atoms. The minimum Gasteiger partial charge on any atom is -0.423 e. The summed E-state index contributed by atoms with van der Waals surface area (Å²) in [5, 5.41) is 11.4. The van der Waals surface area contributed by atoms with Gasteiger partial charge in [-0.2, -0.15) is 0 Å². The predicted molar refractivity (Wildman–Crippen MR) is 108 cm³/mol. The van der Waals surface area contributed by atoms with Gasteiger partial charge in [-0.1, -0.05) is 30.3 Å². The number of benzene rings is 3. The smallest absolute Gasteiger partial charge is 0.423 e. The number of sulfonamides is 1. The normalized spacial score (nSPS) is 13.7. The highest BCUT2D eigenvalue weighted by Gasteiger charge is 2.28. The molecule has 1 aliphatic heterocycles. The molecule has 4 rings (SSSR count). The fraction of sp³-hybridized carbons (Fsp3) is 0.158. The zero-order valence-electron chi connectivity index (χ0n) is 15.0. The van der Waals surface area contributed by atoms with E-state index >= 15 is 0 Å². The van der Waals surface area contributed by atoms with E-state index in [1.54, 1.807) is 36.4 Å². The summed E-state index contributed by atoms with van der Waals surface area (Å²) in [4.78, 5) is 2.16. The summed E-state index contributed by atoms with van der Waals surface area (Å²) >= 11 is 0. The van der Waals surface area contributed by atoms with Crippen molar-refractivity contribution in [1.82, 2.24) is 0 Å². The number of nitrogens with one attached hydrogen (secondary N) is 1. The van der Waals surface area contributed by atoms with Gasteiger partial charge in [-0.25, -0.2) is 8.42 Å². The summed E-state index contributed by atoms with van der Waals surface area (Å²) < 4.78 is 33.9. The Morgan fingerprint density at radius 1 is 1.07 bits per heavy atom. The van der Waals surface area contributed by atoms with Gasteiger partial charge in [-0.05, 0) is 35.3 Å². The minimum absolute atomic E-state index is 0.209. The monoisotopic (exact) mass is 382 g/mol. The van der Waals surface area contributed by atoms with Gasteiger partial charge in [0.1, 0.15) is 0 Å². The van der Waals surface area contributed by atoms with Crippen molar-refractivity contribution in [1.29, 1.82) is 0 Å². The highest BCUT2D eigenvalue weighted by molar-refractivity contribution is 7.93. The van der Waals surface area contributed by atoms with E-state index in [4.69, 9.17) is 4.65 Å². The van der Waals surface area contributed by atoms with Crippen molar-refractivity contribution in [3.63, 3.8) is 0 Å². The molecule has 3 aromatic carbocycles. The van der Waals surface area contributed by atoms with E-state index in [0.29, 0.717) is 23.1 Å². The Kier molecular flexibility index (Phi) is 4.34. The highest BCUT2D eigenvalue weighted by Crippen LogP contribution is 2.31. The molecule has 1 heterocycles. The number of nitrogens with zero attached hydrogens (tertiary/aromatic N) is 1. The molecule has 0 saturated carbocycles. The van der Waals surface area contributed by atoms with Crippen molar-refractivity contribution < 1.29 is 18.1 Å². The Labute approximate surface area is 158 Å². The zero-order valence-corrected chi connectivity index (χ0v) is 15.8. The van der Waals surface area contributed by atoms with Crippen LogP contribution in [-0.2, 0) is 21.3 Å². The van der Waals surface area contributed by atoms with Crippen LogP contribution in [0.3, 0.4) is 0 Å². The Balaban J connectivity index is 1.77. The molecule has 0 atom stereocenters. The van der Waals surface area contributed by atoms with E-state index in [-0.39, 0.29) is 4.90 Å². The second-order valence-electron chi connectivity index (χ2n) is 6.71. The SMILES string of the molecule is CN(C)c1cccc2c(S(=O)(=O)Nc3ccc4c(c3)B(O)OC4)cccc12. The minimum atomic E-state index is -3.81. The summed E-state index contributed by atoms with van der Waals surface area (Å²) in [6, 6.07) is 15.9. The van der Waals surface area contributed by atoms with Crippen LogP contribution in [0.1, 0.15) is 5.56 Å². The fourth-order valence-corrected chi connectivity index (χ4v) is 4.65. The molecule has 0 spiro atoms. The summed E-state index contributed by atoms with van der Waals surface area (Å²) in [5.74, 6) is 0. The second-order valence-corrected chi connectivity index (χ2v) is 8.36. The molecule has 0 saturated heterocycles. The molecular formula is C19H19BN2O4S. The molecule has 0 fully saturated rings. The number of rotatable bonds is 4. The van der Waals surface area contributed by atoms with Crippen LogP contribution in [0.2, 0.25) is 0 Å². The van der Waals surface area contributed by atoms with Crippen molar-refractivity contribution in [2.24, 2.45) is 0 Å². The van der Waals surface area contributed by atoms with Gasteiger partial charge in [0.25, 0.3) is 10.0 Å². The molecular weight excluding hydrogens is 363 g/mol. The summed E-state index contributed by atoms with van der Waals surface area (Å²) in [6.45, 7) is 0.320. The first kappa shape index (κ1) is 17.8. The molecule has 1 aliphatic rings. The van der Waals surface area contributed by atoms with Gasteiger partial charge in [0.2, 0.25) is 0 Å². The molecule has 3 aromatic rings. The van der Waals surface area contributed by atoms with Crippen molar-refractivity contribution in [2.75, 3.05) is 23.7 Å². The molecule has 2 N–H and O–H groups in total. The van der Waals surface area contributed by atoms with Gasteiger partial charge < -0.3 is 14.6 Å². The molecule has 138 valence electrons. The molecule has 6 nitrogen and oxygen atoms in total. The third-order valence-corrected chi connectivity index (χ3v) is 6.13. The highest BCUT2D eigenvalue weighted by atomic mass is 32.2. The van der Waals surface area contributed by atoms with Crippen LogP contribution in [-0.4, -0.2) is 34.7 Å². The van der Waals surface area contributed by atoms with Crippen LogP contribution in [0.5, 0.6) is 0 Å². The van der Waals surface area contributed by atoms with Crippen LogP contribution in [0.4, 0.5) is 11.4 Å². The van der Waals surface area contributed by atoms with E-state index < -0.39 is 17.1 Å². The zero-order chi connectivity index (χ0) is 19.2. The summed E-state index contributed by atoms with van der Waals surface area (Å²) in [5.41, 5.74) is 2.77. The molecule has 0 radical (unpaired) electrons. The molecule has 0 aromatic heterocycles. The Morgan fingerprint density at radius 2 is 1.81 bits per heavy atom. The fourth-order valence-electron chi connectivity index (χ4n) is 3.38. The van der Waals surface area contributed by atoms with Crippen LogP contribution in [0.25, 0.3) is 10.8 Å². The average molecular weight is 382 g/mol. The maximum absolute atomic E-state index is 13.1. The lowest BCUT2D eigenvalue weighted by molar-refractivity contribution is 0.275. The maximum Gasteiger partial charge on any atom is 0.491 e. The van der Waals surface area contributed by atoms with Gasteiger partial charge in [0.15, 0.2) is 0 Å². The molecule has 0 aliphatic carbocycles. The topological polar surface area (TPSA) is 78.9 Å². The Hall–Kier alpha value is -2.55. The Bertz CT molecular complexity index is 1130. The van der Waals surface area contributed by atoms with Gasteiger partial charge in [-0.15, -0.1) is 0 Å². The van der Waals surface area contributed by atoms with Crippen molar-refractivity contribution >= 4 is 44.8 Å². The van der Waals surface area contributed by atoms with E-state index in [1.807, 2.05) is 37.2 Å².